The molecule has 1 saturated heterocycles. The van der Waals surface area contributed by atoms with E-state index in [0.29, 0.717) is 30.1 Å². The minimum Gasteiger partial charge on any atom is -0.444 e. The number of amides is 1. The summed E-state index contributed by atoms with van der Waals surface area (Å²) >= 11 is 4.50. The van der Waals surface area contributed by atoms with Crippen molar-refractivity contribution in [1.82, 2.24) is 9.21 Å². The number of hydrogen-bond acceptors (Lipinski definition) is 5. The number of piperidine rings is 1. The number of thiophene rings is 1. The molecule has 0 unspecified atom stereocenters. The van der Waals surface area contributed by atoms with Crippen molar-refractivity contribution < 1.29 is 17.9 Å². The van der Waals surface area contributed by atoms with E-state index in [-0.39, 0.29) is 12.1 Å². The Bertz CT molecular complexity index is 689. The van der Waals surface area contributed by atoms with Gasteiger partial charge in [0.25, 0.3) is 10.0 Å². The summed E-state index contributed by atoms with van der Waals surface area (Å²) in [4.78, 5) is 13.7. The molecule has 0 N–H and O–H groups in total. The highest BCUT2D eigenvalue weighted by molar-refractivity contribution is 9.11. The fraction of sp³-hybridized carbons (Fsp3) is 0.667. The van der Waals surface area contributed by atoms with Crippen molar-refractivity contribution in [2.24, 2.45) is 0 Å². The van der Waals surface area contributed by atoms with Crippen LogP contribution < -0.4 is 0 Å². The topological polar surface area (TPSA) is 66.9 Å². The molecule has 0 aliphatic carbocycles. The lowest BCUT2D eigenvalue weighted by Crippen LogP contribution is -2.48. The van der Waals surface area contributed by atoms with Crippen LogP contribution in [0.15, 0.2) is 20.1 Å². The minimum atomic E-state index is -3.45. The van der Waals surface area contributed by atoms with E-state index in [9.17, 15) is 13.2 Å². The SMILES string of the molecule is CN(C(=O)OC(C)(C)C)C1CCN(S(=O)(=O)c2ccc(Br)s2)CC1. The molecule has 24 heavy (non-hydrogen) atoms. The predicted molar refractivity (Wildman–Crippen MR) is 97.8 cm³/mol. The van der Waals surface area contributed by atoms with Crippen LogP contribution in [-0.2, 0) is 14.8 Å². The van der Waals surface area contributed by atoms with Crippen LogP contribution in [0.2, 0.25) is 0 Å². The molecule has 2 heterocycles. The van der Waals surface area contributed by atoms with Crippen molar-refractivity contribution in [2.75, 3.05) is 20.1 Å². The van der Waals surface area contributed by atoms with Gasteiger partial charge < -0.3 is 9.64 Å². The highest BCUT2D eigenvalue weighted by Gasteiger charge is 2.33. The van der Waals surface area contributed by atoms with Gasteiger partial charge in [0.2, 0.25) is 0 Å². The number of ether oxygens (including phenoxy) is 1. The first-order valence-corrected chi connectivity index (χ1v) is 10.8. The quantitative estimate of drug-likeness (QED) is 0.723. The van der Waals surface area contributed by atoms with E-state index in [0.717, 1.165) is 3.79 Å². The first-order valence-electron chi connectivity index (χ1n) is 7.72. The summed E-state index contributed by atoms with van der Waals surface area (Å²) < 4.78 is 33.2. The summed E-state index contributed by atoms with van der Waals surface area (Å²) in [6.45, 7) is 6.28. The van der Waals surface area contributed by atoms with Gasteiger partial charge in [-0.05, 0) is 61.7 Å². The van der Waals surface area contributed by atoms with Crippen LogP contribution in [0.25, 0.3) is 0 Å². The molecule has 1 aromatic rings. The first-order chi connectivity index (χ1) is 11.0. The van der Waals surface area contributed by atoms with E-state index >= 15 is 0 Å². The molecule has 0 bridgehead atoms. The van der Waals surface area contributed by atoms with Crippen molar-refractivity contribution in [3.63, 3.8) is 0 Å². The lowest BCUT2D eigenvalue weighted by Gasteiger charge is -2.36. The van der Waals surface area contributed by atoms with Crippen LogP contribution in [0.5, 0.6) is 0 Å². The zero-order valence-electron chi connectivity index (χ0n) is 14.3. The molecule has 136 valence electrons. The monoisotopic (exact) mass is 438 g/mol. The van der Waals surface area contributed by atoms with E-state index in [4.69, 9.17) is 4.74 Å². The largest absolute Gasteiger partial charge is 0.444 e. The molecule has 2 rings (SSSR count). The number of sulfonamides is 1. The molecular formula is C15H23BrN2O4S2. The van der Waals surface area contributed by atoms with E-state index < -0.39 is 15.6 Å². The molecule has 1 aromatic heterocycles. The molecule has 1 amide bonds. The Morgan fingerprint density at radius 1 is 1.33 bits per heavy atom. The second kappa shape index (κ2) is 7.31. The van der Waals surface area contributed by atoms with Gasteiger partial charge in [-0.2, -0.15) is 4.31 Å². The van der Waals surface area contributed by atoms with E-state index in [2.05, 4.69) is 15.9 Å². The molecule has 0 saturated carbocycles. The Kier molecular flexibility index (Phi) is 5.99. The lowest BCUT2D eigenvalue weighted by molar-refractivity contribution is 0.0178. The molecule has 0 atom stereocenters. The maximum absolute atomic E-state index is 12.6. The minimum absolute atomic E-state index is 0.0126. The summed E-state index contributed by atoms with van der Waals surface area (Å²) in [5.41, 5.74) is -0.540. The van der Waals surface area contributed by atoms with Gasteiger partial charge in [-0.25, -0.2) is 13.2 Å². The van der Waals surface area contributed by atoms with Crippen LogP contribution in [-0.4, -0.2) is 55.5 Å². The third-order valence-electron chi connectivity index (χ3n) is 3.80. The van der Waals surface area contributed by atoms with Crippen LogP contribution >= 0.6 is 27.3 Å². The summed E-state index contributed by atoms with van der Waals surface area (Å²) in [6.07, 6.45) is 0.828. The maximum atomic E-state index is 12.6. The Labute approximate surface area is 156 Å². The Balaban J connectivity index is 1.97. The molecule has 1 fully saturated rings. The lowest BCUT2D eigenvalue weighted by atomic mass is 10.1. The summed E-state index contributed by atoms with van der Waals surface area (Å²) in [6, 6.07) is 3.34. The smallest absolute Gasteiger partial charge is 0.410 e. The van der Waals surface area contributed by atoms with Gasteiger partial charge >= 0.3 is 6.09 Å². The van der Waals surface area contributed by atoms with Crippen molar-refractivity contribution >= 4 is 43.4 Å². The Morgan fingerprint density at radius 2 is 1.92 bits per heavy atom. The Hall–Kier alpha value is -0.640. The van der Waals surface area contributed by atoms with Crippen molar-refractivity contribution in [1.29, 1.82) is 0 Å². The number of halogens is 1. The maximum Gasteiger partial charge on any atom is 0.410 e. The van der Waals surface area contributed by atoms with Gasteiger partial charge in [0.05, 0.1) is 3.79 Å². The van der Waals surface area contributed by atoms with Crippen molar-refractivity contribution in [2.45, 2.75) is 49.5 Å². The molecule has 0 spiro atoms. The molecule has 6 nitrogen and oxygen atoms in total. The van der Waals surface area contributed by atoms with Crippen molar-refractivity contribution in [3.05, 3.63) is 15.9 Å². The third-order valence-corrected chi connectivity index (χ3v) is 7.79. The van der Waals surface area contributed by atoms with Gasteiger partial charge in [0.15, 0.2) is 0 Å². The van der Waals surface area contributed by atoms with Gasteiger partial charge in [-0.3, -0.25) is 0 Å². The van der Waals surface area contributed by atoms with Crippen LogP contribution in [0, 0.1) is 0 Å². The standard InChI is InChI=1S/C15H23BrN2O4S2/c1-15(2,3)22-14(19)17(4)11-7-9-18(10-8-11)24(20,21)13-6-5-12(16)23-13/h5-6,11H,7-10H2,1-4H3. The fourth-order valence-corrected chi connectivity index (χ4v) is 6.15. The zero-order chi connectivity index (χ0) is 18.1. The van der Waals surface area contributed by atoms with E-state index in [1.165, 1.54) is 15.6 Å². The molecule has 0 radical (unpaired) electrons. The zero-order valence-corrected chi connectivity index (χ0v) is 17.5. The number of carbonyl (C=O) groups is 1. The first kappa shape index (κ1) is 19.7. The predicted octanol–water partition coefficient (Wildman–Crippen LogP) is 3.53. The Morgan fingerprint density at radius 3 is 2.38 bits per heavy atom. The van der Waals surface area contributed by atoms with E-state index in [1.807, 2.05) is 20.8 Å². The average Bonchev–Trinajstić information content (AvgIpc) is 2.92. The molecule has 1 aliphatic heterocycles. The molecular weight excluding hydrogens is 416 g/mol. The van der Waals surface area contributed by atoms with Gasteiger partial charge in [0.1, 0.15) is 9.81 Å². The van der Waals surface area contributed by atoms with Gasteiger partial charge in [-0.1, -0.05) is 0 Å². The summed E-state index contributed by atoms with van der Waals surface area (Å²) in [7, 11) is -1.74. The van der Waals surface area contributed by atoms with Gasteiger partial charge in [-0.15, -0.1) is 11.3 Å². The number of hydrogen-bond donors (Lipinski definition) is 0. The molecule has 1 aliphatic rings. The second-order valence-corrected chi connectivity index (χ2v) is 11.4. The third kappa shape index (κ3) is 4.71. The van der Waals surface area contributed by atoms with Crippen LogP contribution in [0.4, 0.5) is 4.79 Å². The molecule has 0 aromatic carbocycles. The van der Waals surface area contributed by atoms with E-state index in [1.54, 1.807) is 24.1 Å². The van der Waals surface area contributed by atoms with Crippen LogP contribution in [0.1, 0.15) is 33.6 Å². The van der Waals surface area contributed by atoms with Gasteiger partial charge in [0, 0.05) is 26.2 Å². The van der Waals surface area contributed by atoms with Crippen LogP contribution in [0.3, 0.4) is 0 Å². The molecule has 9 heteroatoms. The number of rotatable bonds is 3. The normalized spacial score (nSPS) is 17.7. The van der Waals surface area contributed by atoms with Crippen molar-refractivity contribution in [3.8, 4) is 0 Å². The summed E-state index contributed by atoms with van der Waals surface area (Å²) in [5, 5.41) is 0. The number of nitrogens with zero attached hydrogens (tertiary/aromatic N) is 2. The summed E-state index contributed by atoms with van der Waals surface area (Å²) in [5.74, 6) is 0. The second-order valence-electron chi connectivity index (χ2n) is 6.79. The highest BCUT2D eigenvalue weighted by Crippen LogP contribution is 2.30. The highest BCUT2D eigenvalue weighted by atomic mass is 79.9. The fourth-order valence-electron chi connectivity index (χ4n) is 2.52. The average molecular weight is 439 g/mol. The number of carbonyl (C=O) groups excluding carboxylic acids is 1.